The molecule has 0 bridgehead atoms. The molecular formula is C25H23NO6. The first-order chi connectivity index (χ1) is 15.6. The van der Waals surface area contributed by atoms with Crippen LogP contribution in [-0.4, -0.2) is 42.0 Å². The van der Waals surface area contributed by atoms with E-state index in [0.29, 0.717) is 36.6 Å². The fraction of sp³-hybridized carbons (Fsp3) is 0.200. The van der Waals surface area contributed by atoms with Gasteiger partial charge in [-0.1, -0.05) is 30.3 Å². The van der Waals surface area contributed by atoms with Crippen molar-refractivity contribution >= 4 is 11.7 Å². The van der Waals surface area contributed by atoms with Crippen molar-refractivity contribution in [3.8, 4) is 11.5 Å². The van der Waals surface area contributed by atoms with Gasteiger partial charge in [-0.2, -0.15) is 0 Å². The Bertz CT molecular complexity index is 1120. The van der Waals surface area contributed by atoms with Gasteiger partial charge in [-0.05, 0) is 48.4 Å². The Balaban J connectivity index is 1.72. The largest absolute Gasteiger partial charge is 0.503 e. The maximum Gasteiger partial charge on any atom is 0.290 e. The molecule has 1 unspecified atom stereocenters. The summed E-state index contributed by atoms with van der Waals surface area (Å²) in [6, 6.07) is 18.8. The molecule has 164 valence electrons. The minimum Gasteiger partial charge on any atom is -0.503 e. The van der Waals surface area contributed by atoms with Gasteiger partial charge in [0.05, 0.1) is 17.9 Å². The minimum absolute atomic E-state index is 0.0146. The van der Waals surface area contributed by atoms with Gasteiger partial charge in [0.1, 0.15) is 11.5 Å². The molecular weight excluding hydrogens is 410 g/mol. The Hall–Kier alpha value is -3.84. The number of aliphatic hydroxyl groups excluding tert-OH is 1. The summed E-state index contributed by atoms with van der Waals surface area (Å²) in [5.41, 5.74) is 0.627. The molecule has 32 heavy (non-hydrogen) atoms. The van der Waals surface area contributed by atoms with E-state index in [0.717, 1.165) is 0 Å². The van der Waals surface area contributed by atoms with E-state index in [-0.39, 0.29) is 11.3 Å². The maximum absolute atomic E-state index is 13.2. The highest BCUT2D eigenvalue weighted by molar-refractivity contribution is 6.15. The van der Waals surface area contributed by atoms with Gasteiger partial charge in [-0.3, -0.25) is 9.59 Å². The van der Waals surface area contributed by atoms with Crippen molar-refractivity contribution in [2.45, 2.75) is 12.5 Å². The van der Waals surface area contributed by atoms with Crippen molar-refractivity contribution < 1.29 is 28.6 Å². The van der Waals surface area contributed by atoms with Crippen molar-refractivity contribution in [2.75, 3.05) is 20.3 Å². The highest BCUT2D eigenvalue weighted by Gasteiger charge is 2.44. The van der Waals surface area contributed by atoms with E-state index in [1.54, 1.807) is 37.4 Å². The maximum atomic E-state index is 13.2. The van der Waals surface area contributed by atoms with Crippen molar-refractivity contribution in [3.63, 3.8) is 0 Å². The summed E-state index contributed by atoms with van der Waals surface area (Å²) < 4.78 is 16.3. The minimum atomic E-state index is -0.781. The molecule has 0 aliphatic carbocycles. The fourth-order valence-corrected chi connectivity index (χ4v) is 3.76. The summed E-state index contributed by atoms with van der Waals surface area (Å²) in [7, 11) is 1.58. The lowest BCUT2D eigenvalue weighted by atomic mass is 9.95. The number of methoxy groups -OCH3 is 1. The Kier molecular flexibility index (Phi) is 6.37. The zero-order chi connectivity index (χ0) is 22.5. The average molecular weight is 433 g/mol. The number of nitrogens with zero attached hydrogens (tertiary/aromatic N) is 1. The predicted molar refractivity (Wildman–Crippen MR) is 117 cm³/mol. The molecule has 0 fully saturated rings. The first-order valence-corrected chi connectivity index (χ1v) is 10.2. The van der Waals surface area contributed by atoms with Crippen LogP contribution < -0.4 is 4.74 Å². The number of para-hydroxylation sites is 1. The number of hydrogen-bond acceptors (Lipinski definition) is 6. The lowest BCUT2D eigenvalue weighted by Gasteiger charge is -2.27. The third-order valence-electron chi connectivity index (χ3n) is 5.19. The van der Waals surface area contributed by atoms with Gasteiger partial charge < -0.3 is 23.9 Å². The van der Waals surface area contributed by atoms with Crippen LogP contribution in [0.5, 0.6) is 11.5 Å². The van der Waals surface area contributed by atoms with Gasteiger partial charge in [0.25, 0.3) is 5.91 Å². The number of carbonyl (C=O) groups excluding carboxylic acids is 2. The van der Waals surface area contributed by atoms with Crippen LogP contribution in [0.2, 0.25) is 0 Å². The number of benzene rings is 2. The number of hydrogen-bond donors (Lipinski definition) is 1. The molecule has 1 atom stereocenters. The van der Waals surface area contributed by atoms with Crippen LogP contribution in [0, 0.1) is 0 Å². The van der Waals surface area contributed by atoms with Gasteiger partial charge in [0.15, 0.2) is 11.5 Å². The molecule has 2 aromatic carbocycles. The van der Waals surface area contributed by atoms with Gasteiger partial charge in [0.2, 0.25) is 5.78 Å². The standard InChI is InChI=1S/C25H23NO6/c1-30-14-7-13-26-22(21(24(28)25(26)29)23(27)20-12-6-15-31-20)17-8-5-11-19(16-17)32-18-9-3-2-4-10-18/h2-6,8-12,15-16,22,28H,7,13-14H2,1H3. The monoisotopic (exact) mass is 433 g/mol. The average Bonchev–Trinajstić information content (AvgIpc) is 3.43. The van der Waals surface area contributed by atoms with E-state index in [4.69, 9.17) is 13.9 Å². The molecule has 1 aliphatic rings. The number of ether oxygens (including phenoxy) is 2. The molecule has 1 aliphatic heterocycles. The van der Waals surface area contributed by atoms with Crippen molar-refractivity contribution in [1.29, 1.82) is 0 Å². The van der Waals surface area contributed by atoms with Crippen LogP contribution >= 0.6 is 0 Å². The number of carbonyl (C=O) groups is 2. The highest BCUT2D eigenvalue weighted by atomic mass is 16.5. The summed E-state index contributed by atoms with van der Waals surface area (Å²) in [4.78, 5) is 27.5. The third-order valence-corrected chi connectivity index (χ3v) is 5.19. The molecule has 1 amide bonds. The molecule has 1 aromatic heterocycles. The van der Waals surface area contributed by atoms with E-state index in [1.807, 2.05) is 30.3 Å². The second-order valence-electron chi connectivity index (χ2n) is 7.30. The SMILES string of the molecule is COCCCN1C(=O)C(O)=C(C(=O)c2ccco2)C1c1cccc(Oc2ccccc2)c1. The van der Waals surface area contributed by atoms with Crippen LogP contribution in [0.25, 0.3) is 0 Å². The smallest absolute Gasteiger partial charge is 0.290 e. The van der Waals surface area contributed by atoms with Crippen molar-refractivity contribution in [2.24, 2.45) is 0 Å². The molecule has 7 heteroatoms. The Labute approximate surface area is 185 Å². The van der Waals surface area contributed by atoms with Crippen LogP contribution in [0.4, 0.5) is 0 Å². The van der Waals surface area contributed by atoms with Gasteiger partial charge in [-0.15, -0.1) is 0 Å². The summed E-state index contributed by atoms with van der Waals surface area (Å²) in [6.45, 7) is 0.746. The number of ketones is 1. The first-order valence-electron chi connectivity index (χ1n) is 10.2. The van der Waals surface area contributed by atoms with Crippen LogP contribution in [0.3, 0.4) is 0 Å². The third kappa shape index (κ3) is 4.29. The van der Waals surface area contributed by atoms with Crippen molar-refractivity contribution in [3.05, 3.63) is 95.6 Å². The molecule has 0 saturated carbocycles. The first kappa shape index (κ1) is 21.4. The topological polar surface area (TPSA) is 89.2 Å². The molecule has 2 heterocycles. The number of Topliss-reactive ketones (excluding diaryl/α,β-unsaturated/α-hetero) is 1. The van der Waals surface area contributed by atoms with E-state index in [9.17, 15) is 14.7 Å². The number of aliphatic hydroxyl groups is 1. The van der Waals surface area contributed by atoms with Gasteiger partial charge >= 0.3 is 0 Å². The Morgan fingerprint density at radius 1 is 1.06 bits per heavy atom. The molecule has 3 aromatic rings. The Morgan fingerprint density at radius 2 is 1.84 bits per heavy atom. The lowest BCUT2D eigenvalue weighted by molar-refractivity contribution is -0.129. The van der Waals surface area contributed by atoms with E-state index in [1.165, 1.54) is 17.2 Å². The van der Waals surface area contributed by atoms with Crippen LogP contribution in [0.15, 0.2) is 88.7 Å². The molecule has 1 N–H and O–H groups in total. The van der Waals surface area contributed by atoms with E-state index < -0.39 is 23.5 Å². The van der Waals surface area contributed by atoms with E-state index in [2.05, 4.69) is 0 Å². The molecule has 4 rings (SSSR count). The normalized spacial score (nSPS) is 16.0. The number of amides is 1. The van der Waals surface area contributed by atoms with Gasteiger partial charge in [0, 0.05) is 20.3 Å². The second kappa shape index (κ2) is 9.53. The Morgan fingerprint density at radius 3 is 2.56 bits per heavy atom. The number of rotatable bonds is 9. The zero-order valence-corrected chi connectivity index (χ0v) is 17.6. The van der Waals surface area contributed by atoms with Crippen LogP contribution in [0.1, 0.15) is 28.6 Å². The molecule has 0 saturated heterocycles. The lowest BCUT2D eigenvalue weighted by Crippen LogP contribution is -2.32. The summed E-state index contributed by atoms with van der Waals surface area (Å²) in [5.74, 6) is -0.434. The van der Waals surface area contributed by atoms with Crippen molar-refractivity contribution in [1.82, 2.24) is 4.90 Å². The summed E-state index contributed by atoms with van der Waals surface area (Å²) in [5, 5.41) is 10.7. The van der Waals surface area contributed by atoms with E-state index >= 15 is 0 Å². The molecule has 7 nitrogen and oxygen atoms in total. The fourth-order valence-electron chi connectivity index (χ4n) is 3.76. The summed E-state index contributed by atoms with van der Waals surface area (Å²) in [6.07, 6.45) is 1.93. The zero-order valence-electron chi connectivity index (χ0n) is 17.6. The molecule has 0 spiro atoms. The summed E-state index contributed by atoms with van der Waals surface area (Å²) >= 11 is 0. The molecule has 0 radical (unpaired) electrons. The van der Waals surface area contributed by atoms with Crippen LogP contribution in [-0.2, 0) is 9.53 Å². The predicted octanol–water partition coefficient (Wildman–Crippen LogP) is 4.69. The second-order valence-corrected chi connectivity index (χ2v) is 7.30. The van der Waals surface area contributed by atoms with Gasteiger partial charge in [-0.25, -0.2) is 0 Å². The number of furan rings is 1. The quantitative estimate of drug-likeness (QED) is 0.389. The highest BCUT2D eigenvalue weighted by Crippen LogP contribution is 2.40.